The summed E-state index contributed by atoms with van der Waals surface area (Å²) in [6.07, 6.45) is 0.735. The smallest absolute Gasteiger partial charge is 0.114 e. The Morgan fingerprint density at radius 3 is 2.88 bits per heavy atom. The Balaban J connectivity index is 1.89. The Hall–Kier alpha value is -1.72. The van der Waals surface area contributed by atoms with Crippen LogP contribution in [0.4, 0.5) is 0 Å². The highest BCUT2D eigenvalue weighted by Crippen LogP contribution is 2.16. The highest BCUT2D eigenvalue weighted by molar-refractivity contribution is 7.09. The number of H-pyrrole nitrogens is 1. The van der Waals surface area contributed by atoms with E-state index in [1.165, 1.54) is 0 Å². The Morgan fingerprint density at radius 1 is 1.24 bits per heavy atom. The quantitative estimate of drug-likeness (QED) is 0.741. The van der Waals surface area contributed by atoms with E-state index in [0.717, 1.165) is 34.0 Å². The zero-order valence-corrected chi connectivity index (χ0v) is 10.00. The Labute approximate surface area is 103 Å². The van der Waals surface area contributed by atoms with Gasteiger partial charge in [0.15, 0.2) is 0 Å². The largest absolute Gasteiger partial charge is 0.342 e. The molecular formula is C12H12N4S. The number of aromatic nitrogens is 3. The van der Waals surface area contributed by atoms with E-state index in [2.05, 4.69) is 15.0 Å². The molecule has 0 atom stereocenters. The van der Waals surface area contributed by atoms with Gasteiger partial charge in [-0.2, -0.15) is 0 Å². The van der Waals surface area contributed by atoms with Crippen LogP contribution >= 0.6 is 11.3 Å². The van der Waals surface area contributed by atoms with Gasteiger partial charge in [0, 0.05) is 11.9 Å². The number of nitrogens with one attached hydrogen (secondary N) is 1. The highest BCUT2D eigenvalue weighted by Gasteiger charge is 2.06. The molecule has 3 rings (SSSR count). The summed E-state index contributed by atoms with van der Waals surface area (Å²) in [5.41, 5.74) is 8.55. The molecule has 1 aromatic carbocycles. The number of benzene rings is 1. The highest BCUT2D eigenvalue weighted by atomic mass is 32.1. The van der Waals surface area contributed by atoms with E-state index in [9.17, 15) is 0 Å². The molecule has 5 heteroatoms. The molecule has 0 aliphatic heterocycles. The van der Waals surface area contributed by atoms with Crippen molar-refractivity contribution < 1.29 is 0 Å². The van der Waals surface area contributed by atoms with Gasteiger partial charge in [-0.05, 0) is 12.1 Å². The summed E-state index contributed by atoms with van der Waals surface area (Å²) >= 11 is 1.63. The summed E-state index contributed by atoms with van der Waals surface area (Å²) in [5.74, 6) is 0.948. The van der Waals surface area contributed by atoms with Crippen LogP contribution in [0.3, 0.4) is 0 Å². The van der Waals surface area contributed by atoms with E-state index in [0.29, 0.717) is 6.54 Å². The average Bonchev–Trinajstić information content (AvgIpc) is 2.94. The van der Waals surface area contributed by atoms with Crippen LogP contribution in [-0.4, -0.2) is 15.0 Å². The fourth-order valence-corrected chi connectivity index (χ4v) is 2.57. The lowest BCUT2D eigenvalue weighted by atomic mass is 10.3. The first kappa shape index (κ1) is 10.4. The molecule has 3 N–H and O–H groups in total. The molecule has 0 unspecified atom stereocenters. The lowest BCUT2D eigenvalue weighted by molar-refractivity contribution is 0.959. The SMILES string of the molecule is NCc1csc(Cc2nc3ccccc3[nH]2)n1. The third-order valence-electron chi connectivity index (χ3n) is 2.57. The van der Waals surface area contributed by atoms with E-state index in [4.69, 9.17) is 5.73 Å². The topological polar surface area (TPSA) is 67.6 Å². The van der Waals surface area contributed by atoms with Gasteiger partial charge in [0.05, 0.1) is 23.1 Å². The minimum absolute atomic E-state index is 0.497. The van der Waals surface area contributed by atoms with Gasteiger partial charge in [0.25, 0.3) is 0 Å². The molecule has 0 aliphatic rings. The van der Waals surface area contributed by atoms with Crippen LogP contribution in [0.5, 0.6) is 0 Å². The molecule has 4 nitrogen and oxygen atoms in total. The van der Waals surface area contributed by atoms with Crippen molar-refractivity contribution >= 4 is 22.4 Å². The lowest BCUT2D eigenvalue weighted by Crippen LogP contribution is -1.97. The van der Waals surface area contributed by atoms with E-state index in [1.807, 2.05) is 29.6 Å². The van der Waals surface area contributed by atoms with Crippen molar-refractivity contribution in [2.24, 2.45) is 5.73 Å². The molecule has 0 spiro atoms. The predicted octanol–water partition coefficient (Wildman–Crippen LogP) is 2.07. The number of hydrogen-bond donors (Lipinski definition) is 2. The normalized spacial score (nSPS) is 11.1. The van der Waals surface area contributed by atoms with Crippen molar-refractivity contribution in [2.45, 2.75) is 13.0 Å². The molecule has 0 saturated heterocycles. The second-order valence-electron chi connectivity index (χ2n) is 3.81. The van der Waals surface area contributed by atoms with Gasteiger partial charge in [-0.1, -0.05) is 12.1 Å². The van der Waals surface area contributed by atoms with Crippen molar-refractivity contribution in [1.29, 1.82) is 0 Å². The monoisotopic (exact) mass is 244 g/mol. The van der Waals surface area contributed by atoms with E-state index in [-0.39, 0.29) is 0 Å². The molecule has 0 radical (unpaired) electrons. The van der Waals surface area contributed by atoms with E-state index in [1.54, 1.807) is 11.3 Å². The number of hydrogen-bond acceptors (Lipinski definition) is 4. The summed E-state index contributed by atoms with van der Waals surface area (Å²) in [7, 11) is 0. The van der Waals surface area contributed by atoms with Crippen LogP contribution in [0.2, 0.25) is 0 Å². The van der Waals surface area contributed by atoms with Gasteiger partial charge in [0.2, 0.25) is 0 Å². The number of thiazole rings is 1. The predicted molar refractivity (Wildman–Crippen MR) is 68.9 cm³/mol. The van der Waals surface area contributed by atoms with Crippen LogP contribution in [-0.2, 0) is 13.0 Å². The van der Waals surface area contributed by atoms with E-state index >= 15 is 0 Å². The van der Waals surface area contributed by atoms with Crippen molar-refractivity contribution in [3.05, 3.63) is 46.2 Å². The molecule has 17 heavy (non-hydrogen) atoms. The van der Waals surface area contributed by atoms with Gasteiger partial charge < -0.3 is 10.7 Å². The standard InChI is InChI=1S/C12H12N4S/c13-6-8-7-17-12(14-8)5-11-15-9-3-1-2-4-10(9)16-11/h1-4,7H,5-6,13H2,(H,15,16). The first-order valence-electron chi connectivity index (χ1n) is 5.42. The van der Waals surface area contributed by atoms with Crippen LogP contribution in [0.1, 0.15) is 16.5 Å². The number of nitrogens with two attached hydrogens (primary N) is 1. The zero-order chi connectivity index (χ0) is 11.7. The first-order valence-corrected chi connectivity index (χ1v) is 6.30. The van der Waals surface area contributed by atoms with Gasteiger partial charge in [0.1, 0.15) is 10.8 Å². The maximum Gasteiger partial charge on any atom is 0.114 e. The number of fused-ring (bicyclic) bond motifs is 1. The van der Waals surface area contributed by atoms with Crippen molar-refractivity contribution in [1.82, 2.24) is 15.0 Å². The summed E-state index contributed by atoms with van der Waals surface area (Å²) in [5, 5.41) is 3.04. The van der Waals surface area contributed by atoms with Crippen LogP contribution in [0.25, 0.3) is 11.0 Å². The lowest BCUT2D eigenvalue weighted by Gasteiger charge is -1.90. The summed E-state index contributed by atoms with van der Waals surface area (Å²) in [4.78, 5) is 12.2. The van der Waals surface area contributed by atoms with Gasteiger partial charge in [-0.3, -0.25) is 0 Å². The van der Waals surface area contributed by atoms with E-state index < -0.39 is 0 Å². The number of imidazole rings is 1. The number of aromatic amines is 1. The molecule has 2 aromatic heterocycles. The molecule has 0 saturated carbocycles. The molecule has 0 aliphatic carbocycles. The molecule has 0 bridgehead atoms. The summed E-state index contributed by atoms with van der Waals surface area (Å²) in [6.45, 7) is 0.497. The maximum absolute atomic E-state index is 5.54. The van der Waals surface area contributed by atoms with Crippen molar-refractivity contribution in [2.75, 3.05) is 0 Å². The average molecular weight is 244 g/mol. The Morgan fingerprint density at radius 2 is 2.12 bits per heavy atom. The fraction of sp³-hybridized carbons (Fsp3) is 0.167. The van der Waals surface area contributed by atoms with Crippen molar-refractivity contribution in [3.8, 4) is 0 Å². The van der Waals surface area contributed by atoms with Crippen LogP contribution in [0, 0.1) is 0 Å². The Kier molecular flexibility index (Phi) is 2.62. The number of rotatable bonds is 3. The maximum atomic E-state index is 5.54. The number of nitrogens with zero attached hydrogens (tertiary/aromatic N) is 2. The summed E-state index contributed by atoms with van der Waals surface area (Å²) < 4.78 is 0. The molecule has 0 fully saturated rings. The first-order chi connectivity index (χ1) is 8.35. The number of para-hydroxylation sites is 2. The Bertz CT molecular complexity index is 608. The molecule has 86 valence electrons. The summed E-state index contributed by atoms with van der Waals surface area (Å²) in [6, 6.07) is 8.02. The molecule has 3 aromatic rings. The van der Waals surface area contributed by atoms with Gasteiger partial charge >= 0.3 is 0 Å². The molecule has 0 amide bonds. The second kappa shape index (κ2) is 4.27. The third-order valence-corrected chi connectivity index (χ3v) is 3.46. The second-order valence-corrected chi connectivity index (χ2v) is 4.76. The van der Waals surface area contributed by atoms with Gasteiger partial charge in [-0.25, -0.2) is 9.97 Å². The minimum atomic E-state index is 0.497. The molecular weight excluding hydrogens is 232 g/mol. The van der Waals surface area contributed by atoms with Crippen LogP contribution in [0.15, 0.2) is 29.6 Å². The minimum Gasteiger partial charge on any atom is -0.342 e. The van der Waals surface area contributed by atoms with Crippen LogP contribution < -0.4 is 5.73 Å². The van der Waals surface area contributed by atoms with Crippen molar-refractivity contribution in [3.63, 3.8) is 0 Å². The van der Waals surface area contributed by atoms with Gasteiger partial charge in [-0.15, -0.1) is 11.3 Å². The fourth-order valence-electron chi connectivity index (χ4n) is 1.76. The third kappa shape index (κ3) is 2.07. The zero-order valence-electron chi connectivity index (χ0n) is 9.18. The molecule has 2 heterocycles.